The molecule has 0 bridgehead atoms. The fourth-order valence-corrected chi connectivity index (χ4v) is 4.50. The molecule has 3 heterocycles. The first-order valence-electron chi connectivity index (χ1n) is 11.3. The van der Waals surface area contributed by atoms with Crippen LogP contribution in [0.25, 0.3) is 10.9 Å². The van der Waals surface area contributed by atoms with Gasteiger partial charge in [-0.1, -0.05) is 0 Å². The van der Waals surface area contributed by atoms with Crippen LogP contribution in [0.2, 0.25) is 0 Å². The van der Waals surface area contributed by atoms with Crippen molar-refractivity contribution in [2.45, 2.75) is 25.3 Å². The van der Waals surface area contributed by atoms with E-state index in [-0.39, 0.29) is 0 Å². The van der Waals surface area contributed by atoms with Gasteiger partial charge in [0.1, 0.15) is 17.3 Å². The third-order valence-corrected chi connectivity index (χ3v) is 6.32. The number of methoxy groups -OCH3 is 2. The summed E-state index contributed by atoms with van der Waals surface area (Å²) in [6.45, 7) is 2.71. The molecule has 4 aromatic rings. The van der Waals surface area contributed by atoms with E-state index in [1.54, 1.807) is 20.4 Å². The smallest absolute Gasteiger partial charge is 0.126 e. The fourth-order valence-electron chi connectivity index (χ4n) is 4.50. The van der Waals surface area contributed by atoms with Gasteiger partial charge in [0.05, 0.1) is 26.3 Å². The molecule has 0 spiro atoms. The van der Waals surface area contributed by atoms with Gasteiger partial charge in [-0.25, -0.2) is 4.98 Å². The Morgan fingerprint density at radius 2 is 1.73 bits per heavy atom. The van der Waals surface area contributed by atoms with Crippen LogP contribution < -0.4 is 19.7 Å². The number of benzene rings is 2. The Hall–Kier alpha value is -3.58. The zero-order valence-corrected chi connectivity index (χ0v) is 19.0. The van der Waals surface area contributed by atoms with Gasteiger partial charge >= 0.3 is 0 Å². The number of aromatic nitrogens is 3. The molecule has 2 N–H and O–H groups in total. The van der Waals surface area contributed by atoms with E-state index in [0.717, 1.165) is 65.5 Å². The first-order valence-corrected chi connectivity index (χ1v) is 11.3. The lowest BCUT2D eigenvalue weighted by Crippen LogP contribution is -2.26. The molecule has 5 rings (SSSR count). The average Bonchev–Trinajstić information content (AvgIpc) is 3.40. The van der Waals surface area contributed by atoms with Crippen LogP contribution in [0.4, 0.5) is 11.4 Å². The maximum Gasteiger partial charge on any atom is 0.126 e. The summed E-state index contributed by atoms with van der Waals surface area (Å²) in [4.78, 5) is 14.6. The van der Waals surface area contributed by atoms with Crippen LogP contribution in [-0.2, 0) is 6.54 Å². The number of rotatable bonds is 7. The third-order valence-electron chi connectivity index (χ3n) is 6.32. The zero-order chi connectivity index (χ0) is 22.6. The van der Waals surface area contributed by atoms with Crippen LogP contribution in [0.1, 0.15) is 30.1 Å². The van der Waals surface area contributed by atoms with Crippen molar-refractivity contribution in [3.05, 3.63) is 72.4 Å². The van der Waals surface area contributed by atoms with Crippen LogP contribution in [0.15, 0.2) is 61.1 Å². The summed E-state index contributed by atoms with van der Waals surface area (Å²) in [6.07, 6.45) is 7.97. The van der Waals surface area contributed by atoms with E-state index in [4.69, 9.17) is 14.5 Å². The molecule has 0 atom stereocenters. The van der Waals surface area contributed by atoms with E-state index in [9.17, 15) is 0 Å². The molecule has 7 heteroatoms. The highest BCUT2D eigenvalue weighted by atomic mass is 16.5. The molecule has 0 amide bonds. The third kappa shape index (κ3) is 4.64. The van der Waals surface area contributed by atoms with Gasteiger partial charge in [0.15, 0.2) is 0 Å². The van der Waals surface area contributed by atoms with Crippen molar-refractivity contribution >= 4 is 22.3 Å². The zero-order valence-electron chi connectivity index (χ0n) is 19.0. The summed E-state index contributed by atoms with van der Waals surface area (Å²) >= 11 is 0. The van der Waals surface area contributed by atoms with E-state index in [2.05, 4.69) is 44.5 Å². The van der Waals surface area contributed by atoms with Gasteiger partial charge in [-0.2, -0.15) is 0 Å². The highest BCUT2D eigenvalue weighted by Crippen LogP contribution is 2.35. The summed E-state index contributed by atoms with van der Waals surface area (Å²) in [5, 5.41) is 4.59. The number of H-pyrrole nitrogens is 1. The number of piperidine rings is 1. The Balaban J connectivity index is 1.57. The van der Waals surface area contributed by atoms with Gasteiger partial charge in [0.2, 0.25) is 0 Å². The van der Waals surface area contributed by atoms with Crippen molar-refractivity contribution in [1.29, 1.82) is 0 Å². The van der Waals surface area contributed by atoms with E-state index in [1.807, 2.05) is 30.6 Å². The van der Waals surface area contributed by atoms with E-state index < -0.39 is 0 Å². The number of hydrogen-bond donors (Lipinski definition) is 2. The number of imidazole rings is 1. The second kappa shape index (κ2) is 9.50. The van der Waals surface area contributed by atoms with E-state index in [0.29, 0.717) is 12.5 Å². The topological polar surface area (TPSA) is 75.3 Å². The molecule has 1 saturated heterocycles. The maximum absolute atomic E-state index is 5.53. The number of fused-ring (bicyclic) bond motifs is 1. The molecule has 2 aromatic carbocycles. The molecule has 1 aliphatic rings. The standard InChI is InChI=1S/C26H29N5O2/c1-32-23-13-22(14-24(15-23)33-2)31(17-26-28-9-10-29-26)21-3-4-25-19(12-21)11-20(16-30-25)18-5-7-27-8-6-18/h3-4,9-16,18,27H,5-8,17H2,1-2H3,(H,28,29). The molecule has 0 unspecified atom stereocenters. The predicted octanol–water partition coefficient (Wildman–Crippen LogP) is 4.78. The highest BCUT2D eigenvalue weighted by Gasteiger charge is 2.18. The fraction of sp³-hybridized carbons (Fsp3) is 0.308. The quantitative estimate of drug-likeness (QED) is 0.428. The van der Waals surface area contributed by atoms with Gasteiger partial charge in [-0.3, -0.25) is 4.98 Å². The lowest BCUT2D eigenvalue weighted by atomic mass is 9.90. The maximum atomic E-state index is 5.53. The molecule has 0 aliphatic carbocycles. The van der Waals surface area contributed by atoms with Gasteiger partial charge in [0, 0.05) is 53.6 Å². The lowest BCUT2D eigenvalue weighted by molar-refractivity contribution is 0.394. The SMILES string of the molecule is COc1cc(OC)cc(N(Cc2ncc[nH]2)c2ccc3ncc(C4CCNCC4)cc3c2)c1. The van der Waals surface area contributed by atoms with Crippen molar-refractivity contribution in [2.75, 3.05) is 32.2 Å². The molecular formula is C26H29N5O2. The van der Waals surface area contributed by atoms with Crippen LogP contribution in [-0.4, -0.2) is 42.3 Å². The van der Waals surface area contributed by atoms with Crippen molar-refractivity contribution in [1.82, 2.24) is 20.3 Å². The monoisotopic (exact) mass is 443 g/mol. The Morgan fingerprint density at radius 3 is 2.42 bits per heavy atom. The first kappa shape index (κ1) is 21.3. The van der Waals surface area contributed by atoms with Crippen molar-refractivity contribution in [3.63, 3.8) is 0 Å². The minimum absolute atomic E-state index is 0.564. The number of hydrogen-bond acceptors (Lipinski definition) is 6. The van der Waals surface area contributed by atoms with E-state index in [1.165, 1.54) is 5.56 Å². The summed E-state index contributed by atoms with van der Waals surface area (Å²) in [6, 6.07) is 14.6. The summed E-state index contributed by atoms with van der Waals surface area (Å²) < 4.78 is 11.1. The molecule has 1 aliphatic heterocycles. The Morgan fingerprint density at radius 1 is 0.939 bits per heavy atom. The van der Waals surface area contributed by atoms with Gasteiger partial charge in [-0.15, -0.1) is 0 Å². The van der Waals surface area contributed by atoms with Crippen LogP contribution in [0.3, 0.4) is 0 Å². The number of anilines is 2. The minimum atomic E-state index is 0.564. The predicted molar refractivity (Wildman–Crippen MR) is 131 cm³/mol. The molecule has 33 heavy (non-hydrogen) atoms. The summed E-state index contributed by atoms with van der Waals surface area (Å²) in [7, 11) is 3.33. The largest absolute Gasteiger partial charge is 0.497 e. The van der Waals surface area contributed by atoms with Crippen LogP contribution in [0, 0.1) is 0 Å². The van der Waals surface area contributed by atoms with Crippen molar-refractivity contribution in [3.8, 4) is 11.5 Å². The normalized spacial score (nSPS) is 14.4. The Kier molecular flexibility index (Phi) is 6.13. The number of pyridine rings is 1. The number of ether oxygens (including phenoxy) is 2. The number of nitrogens with one attached hydrogen (secondary N) is 2. The van der Waals surface area contributed by atoms with E-state index >= 15 is 0 Å². The number of nitrogens with zero attached hydrogens (tertiary/aromatic N) is 3. The minimum Gasteiger partial charge on any atom is -0.497 e. The van der Waals surface area contributed by atoms with Crippen molar-refractivity contribution in [2.24, 2.45) is 0 Å². The molecule has 170 valence electrons. The summed E-state index contributed by atoms with van der Waals surface area (Å²) in [5.41, 5.74) is 4.34. The Bertz CT molecular complexity index is 1200. The number of aromatic amines is 1. The molecule has 0 saturated carbocycles. The van der Waals surface area contributed by atoms with Crippen molar-refractivity contribution < 1.29 is 9.47 Å². The molecule has 2 aromatic heterocycles. The molecule has 1 fully saturated rings. The average molecular weight is 444 g/mol. The molecule has 0 radical (unpaired) electrons. The Labute approximate surface area is 193 Å². The highest BCUT2D eigenvalue weighted by molar-refractivity contribution is 5.84. The molecule has 7 nitrogen and oxygen atoms in total. The van der Waals surface area contributed by atoms with Gasteiger partial charge < -0.3 is 24.7 Å². The molecular weight excluding hydrogens is 414 g/mol. The lowest BCUT2D eigenvalue weighted by Gasteiger charge is -2.26. The van der Waals surface area contributed by atoms with Gasteiger partial charge in [0.25, 0.3) is 0 Å². The van der Waals surface area contributed by atoms with Crippen LogP contribution >= 0.6 is 0 Å². The van der Waals surface area contributed by atoms with Crippen LogP contribution in [0.5, 0.6) is 11.5 Å². The van der Waals surface area contributed by atoms with Gasteiger partial charge in [-0.05, 0) is 61.7 Å². The second-order valence-corrected chi connectivity index (χ2v) is 8.36. The second-order valence-electron chi connectivity index (χ2n) is 8.36. The first-order chi connectivity index (χ1) is 16.2. The summed E-state index contributed by atoms with van der Waals surface area (Å²) in [5.74, 6) is 2.92.